The second-order valence-corrected chi connectivity index (χ2v) is 7.81. The number of carboxylic acid groups (broad SMARTS) is 1. The number of piperidine rings is 1. The van der Waals surface area contributed by atoms with Gasteiger partial charge in [-0.25, -0.2) is 8.42 Å². The van der Waals surface area contributed by atoms with Crippen molar-refractivity contribution in [3.8, 4) is 0 Å². The summed E-state index contributed by atoms with van der Waals surface area (Å²) >= 11 is 1.18. The second-order valence-electron chi connectivity index (χ2n) is 4.70. The fourth-order valence-corrected chi connectivity index (χ4v) is 4.56. The lowest BCUT2D eigenvalue weighted by Gasteiger charge is -2.35. The maximum Gasteiger partial charge on any atom is 0.309 e. The van der Waals surface area contributed by atoms with Crippen molar-refractivity contribution in [2.45, 2.75) is 24.0 Å². The first kappa shape index (κ1) is 13.5. The third-order valence-electron chi connectivity index (χ3n) is 3.43. The third-order valence-corrected chi connectivity index (χ3v) is 6.70. The standard InChI is InChI=1S/C11H15NO4S2/c1-11(10(13)14)4-6-12(7-5-11)18(15,16)9-3-2-8-17-9/h2-3,8H,4-7H2,1H3,(H,13,14). The molecule has 1 fully saturated rings. The molecule has 100 valence electrons. The molecule has 18 heavy (non-hydrogen) atoms. The SMILES string of the molecule is CC1(C(=O)O)CCN(S(=O)(=O)c2cccs2)CC1. The van der Waals surface area contributed by atoms with E-state index in [9.17, 15) is 13.2 Å². The van der Waals surface area contributed by atoms with Crippen molar-refractivity contribution >= 4 is 27.3 Å². The van der Waals surface area contributed by atoms with Crippen LogP contribution in [0, 0.1) is 5.41 Å². The summed E-state index contributed by atoms with van der Waals surface area (Å²) in [7, 11) is -3.44. The van der Waals surface area contributed by atoms with E-state index < -0.39 is 21.4 Å². The van der Waals surface area contributed by atoms with Crippen molar-refractivity contribution in [2.75, 3.05) is 13.1 Å². The van der Waals surface area contributed by atoms with Crippen molar-refractivity contribution < 1.29 is 18.3 Å². The summed E-state index contributed by atoms with van der Waals surface area (Å²) < 4.78 is 26.1. The quantitative estimate of drug-likeness (QED) is 0.917. The molecule has 0 atom stereocenters. The smallest absolute Gasteiger partial charge is 0.309 e. The monoisotopic (exact) mass is 289 g/mol. The van der Waals surface area contributed by atoms with Gasteiger partial charge < -0.3 is 5.11 Å². The molecule has 0 aromatic carbocycles. The van der Waals surface area contributed by atoms with Crippen LogP contribution in [0.3, 0.4) is 0 Å². The van der Waals surface area contributed by atoms with E-state index in [4.69, 9.17) is 5.11 Å². The normalized spacial score (nSPS) is 20.7. The molecule has 0 bridgehead atoms. The summed E-state index contributed by atoms with van der Waals surface area (Å²) in [6, 6.07) is 3.27. The highest BCUT2D eigenvalue weighted by molar-refractivity contribution is 7.91. The lowest BCUT2D eigenvalue weighted by Crippen LogP contribution is -2.44. The van der Waals surface area contributed by atoms with Gasteiger partial charge in [-0.05, 0) is 31.2 Å². The Morgan fingerprint density at radius 1 is 1.44 bits per heavy atom. The molecule has 7 heteroatoms. The number of rotatable bonds is 3. The van der Waals surface area contributed by atoms with Gasteiger partial charge in [0.2, 0.25) is 0 Å². The first-order chi connectivity index (χ1) is 8.36. The molecule has 2 rings (SSSR count). The Kier molecular flexibility index (Phi) is 3.48. The molecule has 1 N–H and O–H groups in total. The third kappa shape index (κ3) is 2.30. The highest BCUT2D eigenvalue weighted by atomic mass is 32.2. The molecule has 0 saturated carbocycles. The Morgan fingerprint density at radius 3 is 2.50 bits per heavy atom. The largest absolute Gasteiger partial charge is 0.481 e. The number of hydrogen-bond donors (Lipinski definition) is 1. The lowest BCUT2D eigenvalue weighted by atomic mass is 9.81. The number of carbonyl (C=O) groups is 1. The molecule has 5 nitrogen and oxygen atoms in total. The predicted molar refractivity (Wildman–Crippen MR) is 68.1 cm³/mol. The van der Waals surface area contributed by atoms with Crippen LogP contribution in [0.15, 0.2) is 21.7 Å². The number of nitrogens with zero attached hydrogens (tertiary/aromatic N) is 1. The van der Waals surface area contributed by atoms with E-state index in [0.29, 0.717) is 17.1 Å². The van der Waals surface area contributed by atoms with Gasteiger partial charge >= 0.3 is 5.97 Å². The van der Waals surface area contributed by atoms with Crippen LogP contribution < -0.4 is 0 Å². The number of thiophene rings is 1. The van der Waals surface area contributed by atoms with E-state index in [0.717, 1.165) is 0 Å². The molecule has 0 amide bonds. The van der Waals surface area contributed by atoms with E-state index in [1.165, 1.54) is 15.6 Å². The van der Waals surface area contributed by atoms with Gasteiger partial charge in [-0.15, -0.1) is 11.3 Å². The van der Waals surface area contributed by atoms with Crippen LogP contribution in [0.25, 0.3) is 0 Å². The van der Waals surface area contributed by atoms with Crippen molar-refractivity contribution in [3.63, 3.8) is 0 Å². The maximum absolute atomic E-state index is 12.2. The zero-order valence-corrected chi connectivity index (χ0v) is 11.6. The van der Waals surface area contributed by atoms with Gasteiger partial charge in [0.05, 0.1) is 5.41 Å². The number of hydrogen-bond acceptors (Lipinski definition) is 4. The van der Waals surface area contributed by atoms with Gasteiger partial charge in [0.1, 0.15) is 4.21 Å². The van der Waals surface area contributed by atoms with Crippen molar-refractivity contribution in [3.05, 3.63) is 17.5 Å². The van der Waals surface area contributed by atoms with Gasteiger partial charge in [0.25, 0.3) is 10.0 Å². The Bertz CT molecular complexity index is 527. The second kappa shape index (κ2) is 4.64. The minimum Gasteiger partial charge on any atom is -0.481 e. The Morgan fingerprint density at radius 2 is 2.06 bits per heavy atom. The summed E-state index contributed by atoms with van der Waals surface area (Å²) in [5.41, 5.74) is -0.804. The van der Waals surface area contributed by atoms with Gasteiger partial charge in [-0.2, -0.15) is 4.31 Å². The highest BCUT2D eigenvalue weighted by Gasteiger charge is 2.40. The van der Waals surface area contributed by atoms with Gasteiger partial charge in [-0.1, -0.05) is 6.07 Å². The molecular formula is C11H15NO4S2. The number of sulfonamides is 1. The highest BCUT2D eigenvalue weighted by Crippen LogP contribution is 2.34. The van der Waals surface area contributed by atoms with Crippen molar-refractivity contribution in [2.24, 2.45) is 5.41 Å². The molecule has 0 unspecified atom stereocenters. The molecule has 1 aromatic rings. The molecule has 1 aliphatic rings. The fourth-order valence-electron chi connectivity index (χ4n) is 1.97. The topological polar surface area (TPSA) is 74.7 Å². The van der Waals surface area contributed by atoms with Crippen LogP contribution in [0.5, 0.6) is 0 Å². The lowest BCUT2D eigenvalue weighted by molar-refractivity contribution is -0.150. The maximum atomic E-state index is 12.2. The van der Waals surface area contributed by atoms with Crippen LogP contribution in [0.4, 0.5) is 0 Å². The molecule has 1 saturated heterocycles. The van der Waals surface area contributed by atoms with E-state index in [-0.39, 0.29) is 13.1 Å². The first-order valence-corrected chi connectivity index (χ1v) is 7.95. The Balaban J connectivity index is 2.14. The fraction of sp³-hybridized carbons (Fsp3) is 0.545. The molecule has 0 aliphatic carbocycles. The van der Waals surface area contributed by atoms with Crippen molar-refractivity contribution in [1.29, 1.82) is 0 Å². The van der Waals surface area contributed by atoms with Crippen LogP contribution in [0.2, 0.25) is 0 Å². The van der Waals surface area contributed by atoms with Crippen LogP contribution in [-0.4, -0.2) is 36.9 Å². The van der Waals surface area contributed by atoms with Crippen LogP contribution in [-0.2, 0) is 14.8 Å². The molecule has 0 spiro atoms. The summed E-state index contributed by atoms with van der Waals surface area (Å²) in [6.07, 6.45) is 0.708. The molecule has 1 aromatic heterocycles. The average molecular weight is 289 g/mol. The van der Waals surface area contributed by atoms with Crippen LogP contribution >= 0.6 is 11.3 Å². The van der Waals surface area contributed by atoms with Crippen LogP contribution in [0.1, 0.15) is 19.8 Å². The number of carboxylic acids is 1. The summed E-state index contributed by atoms with van der Waals surface area (Å²) in [4.78, 5) is 11.1. The van der Waals surface area contributed by atoms with E-state index >= 15 is 0 Å². The molecular weight excluding hydrogens is 274 g/mol. The van der Waals surface area contributed by atoms with Gasteiger partial charge in [-0.3, -0.25) is 4.79 Å². The first-order valence-electron chi connectivity index (χ1n) is 5.63. The zero-order chi connectivity index (χ0) is 13.4. The summed E-state index contributed by atoms with van der Waals surface area (Å²) in [5.74, 6) is -0.851. The molecule has 2 heterocycles. The predicted octanol–water partition coefficient (Wildman–Crippen LogP) is 1.62. The number of aliphatic carboxylic acids is 1. The van der Waals surface area contributed by atoms with E-state index in [1.54, 1.807) is 24.4 Å². The molecule has 0 radical (unpaired) electrons. The Labute approximate surface area is 110 Å². The minimum absolute atomic E-state index is 0.267. The van der Waals surface area contributed by atoms with E-state index in [1.807, 2.05) is 0 Å². The zero-order valence-electron chi connectivity index (χ0n) is 10.00. The Hall–Kier alpha value is -0.920. The van der Waals surface area contributed by atoms with Crippen molar-refractivity contribution in [1.82, 2.24) is 4.31 Å². The van der Waals surface area contributed by atoms with E-state index in [2.05, 4.69) is 0 Å². The van der Waals surface area contributed by atoms with Gasteiger partial charge in [0, 0.05) is 13.1 Å². The average Bonchev–Trinajstić information content (AvgIpc) is 2.83. The minimum atomic E-state index is -3.44. The molecule has 1 aliphatic heterocycles. The van der Waals surface area contributed by atoms with Gasteiger partial charge in [0.15, 0.2) is 0 Å². The summed E-state index contributed by atoms with van der Waals surface area (Å²) in [6.45, 7) is 2.20. The summed E-state index contributed by atoms with van der Waals surface area (Å²) in [5, 5.41) is 10.8.